The van der Waals surface area contributed by atoms with Crippen LogP contribution in [0.5, 0.6) is 5.75 Å². The summed E-state index contributed by atoms with van der Waals surface area (Å²) in [6.45, 7) is 3.42. The number of ether oxygens (including phenoxy) is 1. The molecule has 0 saturated carbocycles. The van der Waals surface area contributed by atoms with Crippen molar-refractivity contribution in [3.05, 3.63) is 77.6 Å². The van der Waals surface area contributed by atoms with E-state index in [-0.39, 0.29) is 6.04 Å². The number of hydrogen-bond donors (Lipinski definition) is 2. The van der Waals surface area contributed by atoms with Crippen molar-refractivity contribution >= 4 is 5.96 Å². The van der Waals surface area contributed by atoms with Crippen molar-refractivity contribution in [1.82, 2.24) is 15.1 Å². The SMILES string of the molecule is Cc1nn(-c2ccccc2)cc1CCCN=C(N)NC1CCOc2ccccc21. The molecule has 1 unspecified atom stereocenters. The van der Waals surface area contributed by atoms with Gasteiger partial charge >= 0.3 is 0 Å². The van der Waals surface area contributed by atoms with Gasteiger partial charge in [-0.25, -0.2) is 4.68 Å². The van der Waals surface area contributed by atoms with Gasteiger partial charge in [0.05, 0.1) is 24.0 Å². The van der Waals surface area contributed by atoms with E-state index >= 15 is 0 Å². The summed E-state index contributed by atoms with van der Waals surface area (Å²) in [6.07, 6.45) is 4.84. The number of aromatic nitrogens is 2. The maximum atomic E-state index is 6.13. The normalized spacial score (nSPS) is 16.2. The van der Waals surface area contributed by atoms with Gasteiger partial charge in [-0.1, -0.05) is 36.4 Å². The second kappa shape index (κ2) is 8.82. The number of guanidine groups is 1. The highest BCUT2D eigenvalue weighted by Crippen LogP contribution is 2.31. The van der Waals surface area contributed by atoms with Crippen LogP contribution in [0.4, 0.5) is 0 Å². The molecule has 4 rings (SSSR count). The second-order valence-corrected chi connectivity index (χ2v) is 7.26. The molecule has 6 heteroatoms. The van der Waals surface area contributed by atoms with Crippen molar-refractivity contribution in [1.29, 1.82) is 0 Å². The fourth-order valence-corrected chi connectivity index (χ4v) is 3.64. The summed E-state index contributed by atoms with van der Waals surface area (Å²) < 4.78 is 7.64. The predicted octanol–water partition coefficient (Wildman–Crippen LogP) is 3.54. The fraction of sp³-hybridized carbons (Fsp3) is 0.304. The highest BCUT2D eigenvalue weighted by atomic mass is 16.5. The summed E-state index contributed by atoms with van der Waals surface area (Å²) in [5, 5.41) is 7.97. The number of nitrogens with zero attached hydrogens (tertiary/aromatic N) is 3. The lowest BCUT2D eigenvalue weighted by atomic mass is 10.0. The first-order valence-corrected chi connectivity index (χ1v) is 10.1. The van der Waals surface area contributed by atoms with Crippen LogP contribution in [0.1, 0.15) is 35.7 Å². The van der Waals surface area contributed by atoms with Crippen molar-refractivity contribution in [2.45, 2.75) is 32.2 Å². The van der Waals surface area contributed by atoms with Crippen molar-refractivity contribution in [3.63, 3.8) is 0 Å². The van der Waals surface area contributed by atoms with Crippen LogP contribution >= 0.6 is 0 Å². The van der Waals surface area contributed by atoms with Crippen LogP contribution in [-0.4, -0.2) is 28.9 Å². The molecule has 3 aromatic rings. The lowest BCUT2D eigenvalue weighted by Gasteiger charge is -2.26. The summed E-state index contributed by atoms with van der Waals surface area (Å²) in [5.74, 6) is 1.42. The number of nitrogens with two attached hydrogens (primary N) is 1. The van der Waals surface area contributed by atoms with Gasteiger partial charge in [0, 0.05) is 24.7 Å². The van der Waals surface area contributed by atoms with E-state index in [4.69, 9.17) is 10.5 Å². The van der Waals surface area contributed by atoms with Crippen LogP contribution in [-0.2, 0) is 6.42 Å². The van der Waals surface area contributed by atoms with Crippen molar-refractivity contribution in [2.24, 2.45) is 10.7 Å². The molecule has 3 N–H and O–H groups in total. The van der Waals surface area contributed by atoms with E-state index in [1.165, 1.54) is 5.56 Å². The number of nitrogens with one attached hydrogen (secondary N) is 1. The number of aliphatic imine (C=N–C) groups is 1. The van der Waals surface area contributed by atoms with Gasteiger partial charge in [-0.3, -0.25) is 4.99 Å². The monoisotopic (exact) mass is 389 g/mol. The van der Waals surface area contributed by atoms with E-state index in [1.54, 1.807) is 0 Å². The molecule has 150 valence electrons. The highest BCUT2D eigenvalue weighted by Gasteiger charge is 2.21. The Morgan fingerprint density at radius 2 is 2.00 bits per heavy atom. The van der Waals surface area contributed by atoms with E-state index < -0.39 is 0 Å². The maximum Gasteiger partial charge on any atom is 0.189 e. The first kappa shape index (κ1) is 19.1. The zero-order valence-electron chi connectivity index (χ0n) is 16.7. The van der Waals surface area contributed by atoms with Crippen LogP contribution in [0.3, 0.4) is 0 Å². The molecule has 1 aliphatic rings. The Morgan fingerprint density at radius 3 is 2.86 bits per heavy atom. The molecule has 1 aromatic heterocycles. The Labute approximate surface area is 171 Å². The largest absolute Gasteiger partial charge is 0.493 e. The Morgan fingerprint density at radius 1 is 1.21 bits per heavy atom. The molecule has 0 amide bonds. The Balaban J connectivity index is 1.30. The van der Waals surface area contributed by atoms with Crippen LogP contribution in [0.15, 0.2) is 65.8 Å². The number of aryl methyl sites for hydroxylation is 2. The molecule has 0 radical (unpaired) electrons. The van der Waals surface area contributed by atoms with Crippen LogP contribution in [0.2, 0.25) is 0 Å². The van der Waals surface area contributed by atoms with E-state index in [1.807, 2.05) is 41.1 Å². The molecule has 1 aliphatic heterocycles. The van der Waals surface area contributed by atoms with Gasteiger partial charge in [0.2, 0.25) is 0 Å². The molecule has 6 nitrogen and oxygen atoms in total. The van der Waals surface area contributed by atoms with Gasteiger partial charge in [0.1, 0.15) is 5.75 Å². The van der Waals surface area contributed by atoms with Gasteiger partial charge in [-0.2, -0.15) is 5.10 Å². The van der Waals surface area contributed by atoms with Gasteiger partial charge in [-0.15, -0.1) is 0 Å². The van der Waals surface area contributed by atoms with Gasteiger partial charge in [-0.05, 0) is 43.5 Å². The van der Waals surface area contributed by atoms with E-state index in [9.17, 15) is 0 Å². The Kier molecular flexibility index (Phi) is 5.79. The number of fused-ring (bicyclic) bond motifs is 1. The minimum absolute atomic E-state index is 0.148. The minimum Gasteiger partial charge on any atom is -0.493 e. The van der Waals surface area contributed by atoms with Gasteiger partial charge < -0.3 is 15.8 Å². The average Bonchev–Trinajstić information content (AvgIpc) is 3.13. The molecule has 2 aromatic carbocycles. The number of para-hydroxylation sites is 2. The van der Waals surface area contributed by atoms with Crippen LogP contribution < -0.4 is 15.8 Å². The van der Waals surface area contributed by atoms with E-state index in [0.717, 1.165) is 42.0 Å². The molecular weight excluding hydrogens is 362 g/mol. The third kappa shape index (κ3) is 4.59. The Hall–Kier alpha value is -3.28. The van der Waals surface area contributed by atoms with Gasteiger partial charge in [0.15, 0.2) is 5.96 Å². The van der Waals surface area contributed by atoms with Gasteiger partial charge in [0.25, 0.3) is 0 Å². The number of benzene rings is 2. The molecule has 0 bridgehead atoms. The maximum absolute atomic E-state index is 6.13. The molecular formula is C23H27N5O. The van der Waals surface area contributed by atoms with Crippen LogP contribution in [0, 0.1) is 6.92 Å². The lowest BCUT2D eigenvalue weighted by molar-refractivity contribution is 0.262. The summed E-state index contributed by atoms with van der Waals surface area (Å²) in [6, 6.07) is 18.4. The third-order valence-corrected chi connectivity index (χ3v) is 5.19. The molecule has 0 spiro atoms. The summed E-state index contributed by atoms with van der Waals surface area (Å²) in [4.78, 5) is 4.52. The quantitative estimate of drug-likeness (QED) is 0.384. The predicted molar refractivity (Wildman–Crippen MR) is 116 cm³/mol. The first-order chi connectivity index (χ1) is 14.2. The number of hydrogen-bond acceptors (Lipinski definition) is 3. The molecule has 2 heterocycles. The third-order valence-electron chi connectivity index (χ3n) is 5.19. The standard InChI is InChI=1S/C23H27N5O/c1-17-18(16-28(27-17)19-9-3-2-4-10-19)8-7-14-25-23(24)26-21-13-15-29-22-12-6-5-11-20(21)22/h2-6,9-12,16,21H,7-8,13-15H2,1H3,(H3,24,25,26). The van der Waals surface area contributed by atoms with Crippen LogP contribution in [0.25, 0.3) is 5.69 Å². The molecule has 0 saturated heterocycles. The summed E-state index contributed by atoms with van der Waals surface area (Å²) in [7, 11) is 0. The molecule has 0 fully saturated rings. The second-order valence-electron chi connectivity index (χ2n) is 7.26. The van der Waals surface area contributed by atoms with E-state index in [2.05, 4.69) is 46.7 Å². The van der Waals surface area contributed by atoms with E-state index in [0.29, 0.717) is 19.1 Å². The summed E-state index contributed by atoms with van der Waals surface area (Å²) in [5.41, 5.74) is 10.6. The topological polar surface area (TPSA) is 77.5 Å². The Bertz CT molecular complexity index is 980. The molecule has 29 heavy (non-hydrogen) atoms. The first-order valence-electron chi connectivity index (χ1n) is 10.1. The average molecular weight is 390 g/mol. The van der Waals surface area contributed by atoms with Crippen molar-refractivity contribution in [3.8, 4) is 11.4 Å². The zero-order valence-corrected chi connectivity index (χ0v) is 16.7. The fourth-order valence-electron chi connectivity index (χ4n) is 3.64. The molecule has 0 aliphatic carbocycles. The zero-order chi connectivity index (χ0) is 20.1. The smallest absolute Gasteiger partial charge is 0.189 e. The van der Waals surface area contributed by atoms with Crippen molar-refractivity contribution in [2.75, 3.05) is 13.2 Å². The van der Waals surface area contributed by atoms with Crippen molar-refractivity contribution < 1.29 is 4.74 Å². The minimum atomic E-state index is 0.148. The molecule has 1 atom stereocenters. The summed E-state index contributed by atoms with van der Waals surface area (Å²) >= 11 is 0. The number of rotatable bonds is 6. The highest BCUT2D eigenvalue weighted by molar-refractivity contribution is 5.78. The lowest BCUT2D eigenvalue weighted by Crippen LogP contribution is -2.37.